The number of halogens is 1. The smallest absolute Gasteiger partial charge is 0.158 e. The number of aromatic nitrogens is 2. The van der Waals surface area contributed by atoms with Crippen molar-refractivity contribution in [2.24, 2.45) is 5.41 Å². The van der Waals surface area contributed by atoms with Crippen LogP contribution in [0.2, 0.25) is 5.15 Å². The second kappa shape index (κ2) is 6.72. The minimum atomic E-state index is 0.421. The number of anilines is 1. The van der Waals surface area contributed by atoms with E-state index in [-0.39, 0.29) is 0 Å². The van der Waals surface area contributed by atoms with Crippen molar-refractivity contribution < 1.29 is 4.74 Å². The van der Waals surface area contributed by atoms with Crippen LogP contribution in [0.1, 0.15) is 45.9 Å². The lowest BCUT2D eigenvalue weighted by molar-refractivity contribution is 0.128. The lowest BCUT2D eigenvalue weighted by Gasteiger charge is -2.26. The molecule has 1 aliphatic heterocycles. The highest BCUT2D eigenvalue weighted by atomic mass is 35.5. The molecule has 0 atom stereocenters. The number of hydrogen-bond acceptors (Lipinski definition) is 4. The van der Waals surface area contributed by atoms with Gasteiger partial charge in [0.15, 0.2) is 5.82 Å². The van der Waals surface area contributed by atoms with Crippen molar-refractivity contribution in [3.63, 3.8) is 0 Å². The predicted molar refractivity (Wildman–Crippen MR) is 82.2 cm³/mol. The third-order valence-corrected chi connectivity index (χ3v) is 4.62. The Morgan fingerprint density at radius 2 is 2.05 bits per heavy atom. The molecule has 0 aliphatic carbocycles. The maximum Gasteiger partial charge on any atom is 0.158 e. The Labute approximate surface area is 126 Å². The second-order valence-electron chi connectivity index (χ2n) is 5.48. The third kappa shape index (κ3) is 3.41. The first-order valence-corrected chi connectivity index (χ1v) is 7.86. The number of ether oxygens (including phenoxy) is 1. The summed E-state index contributed by atoms with van der Waals surface area (Å²) >= 11 is 6.11. The van der Waals surface area contributed by atoms with E-state index in [1.807, 2.05) is 13.0 Å². The fourth-order valence-electron chi connectivity index (χ4n) is 2.83. The Morgan fingerprint density at radius 1 is 1.30 bits per heavy atom. The topological polar surface area (TPSA) is 38.2 Å². The fraction of sp³-hybridized carbons (Fsp3) is 0.733. The molecule has 1 fully saturated rings. The Kier molecular flexibility index (Phi) is 5.22. The van der Waals surface area contributed by atoms with Crippen LogP contribution in [0.3, 0.4) is 0 Å². The molecule has 0 unspecified atom stereocenters. The molecule has 0 amide bonds. The predicted octanol–water partition coefficient (Wildman–Crippen LogP) is 3.68. The van der Waals surface area contributed by atoms with Gasteiger partial charge in [0.1, 0.15) is 17.6 Å². The van der Waals surface area contributed by atoms with Crippen LogP contribution in [0.4, 0.5) is 5.82 Å². The van der Waals surface area contributed by atoms with E-state index in [1.54, 1.807) is 0 Å². The van der Waals surface area contributed by atoms with Crippen LogP contribution in [-0.4, -0.2) is 29.7 Å². The molecule has 0 bridgehead atoms. The second-order valence-corrected chi connectivity index (χ2v) is 5.87. The zero-order valence-corrected chi connectivity index (χ0v) is 13.4. The van der Waals surface area contributed by atoms with Crippen molar-refractivity contribution in [3.8, 4) is 0 Å². The van der Waals surface area contributed by atoms with Crippen LogP contribution in [-0.2, 0) is 11.3 Å². The molecule has 2 rings (SSSR count). The molecule has 1 aromatic heterocycles. The molecule has 0 aromatic carbocycles. The van der Waals surface area contributed by atoms with Crippen LogP contribution >= 0.6 is 11.6 Å². The van der Waals surface area contributed by atoms with Gasteiger partial charge in [0.05, 0.1) is 0 Å². The van der Waals surface area contributed by atoms with Gasteiger partial charge in [-0.3, -0.25) is 0 Å². The van der Waals surface area contributed by atoms with Gasteiger partial charge in [-0.15, -0.1) is 0 Å². The van der Waals surface area contributed by atoms with E-state index in [0.717, 1.165) is 18.9 Å². The van der Waals surface area contributed by atoms with Crippen molar-refractivity contribution in [2.45, 2.75) is 46.6 Å². The molecular weight excluding hydrogens is 274 g/mol. The highest BCUT2D eigenvalue weighted by Crippen LogP contribution is 2.38. The van der Waals surface area contributed by atoms with Gasteiger partial charge in [-0.25, -0.2) is 9.97 Å². The van der Waals surface area contributed by atoms with Crippen molar-refractivity contribution in [1.29, 1.82) is 0 Å². The minimum absolute atomic E-state index is 0.421. The van der Waals surface area contributed by atoms with Crippen LogP contribution in [0, 0.1) is 5.41 Å². The quantitative estimate of drug-likeness (QED) is 0.751. The standard InChI is InChI=1S/C15H24ClN3O/c1-4-15(5-2)7-8-19(11-15)14-9-12(16)17-13(18-14)10-20-6-3/h9H,4-8,10-11H2,1-3H3. The maximum absolute atomic E-state index is 6.11. The zero-order chi connectivity index (χ0) is 14.6. The number of nitrogens with zero attached hydrogens (tertiary/aromatic N) is 3. The summed E-state index contributed by atoms with van der Waals surface area (Å²) in [5, 5.41) is 0.496. The Balaban J connectivity index is 2.15. The minimum Gasteiger partial charge on any atom is -0.374 e. The molecule has 1 saturated heterocycles. The van der Waals surface area contributed by atoms with Crippen molar-refractivity contribution >= 4 is 17.4 Å². The van der Waals surface area contributed by atoms with Gasteiger partial charge in [-0.2, -0.15) is 0 Å². The van der Waals surface area contributed by atoms with E-state index in [0.29, 0.717) is 29.6 Å². The summed E-state index contributed by atoms with van der Waals surface area (Å²) in [5.41, 5.74) is 0.428. The first kappa shape index (κ1) is 15.5. The molecule has 2 heterocycles. The molecule has 20 heavy (non-hydrogen) atoms. The summed E-state index contributed by atoms with van der Waals surface area (Å²) in [7, 11) is 0. The highest BCUT2D eigenvalue weighted by Gasteiger charge is 2.35. The van der Waals surface area contributed by atoms with Gasteiger partial charge < -0.3 is 9.64 Å². The van der Waals surface area contributed by atoms with Crippen LogP contribution in [0.25, 0.3) is 0 Å². The summed E-state index contributed by atoms with van der Waals surface area (Å²) < 4.78 is 5.37. The van der Waals surface area contributed by atoms with Gasteiger partial charge in [0.25, 0.3) is 0 Å². The Morgan fingerprint density at radius 3 is 2.65 bits per heavy atom. The van der Waals surface area contributed by atoms with E-state index in [4.69, 9.17) is 16.3 Å². The first-order valence-electron chi connectivity index (χ1n) is 7.48. The zero-order valence-electron chi connectivity index (χ0n) is 12.7. The molecule has 0 spiro atoms. The normalized spacial score (nSPS) is 17.7. The average molecular weight is 298 g/mol. The van der Waals surface area contributed by atoms with Crippen molar-refractivity contribution in [3.05, 3.63) is 17.0 Å². The molecule has 1 aromatic rings. The molecular formula is C15H24ClN3O. The lowest BCUT2D eigenvalue weighted by atomic mass is 9.82. The van der Waals surface area contributed by atoms with Crippen molar-refractivity contribution in [1.82, 2.24) is 9.97 Å². The molecule has 5 heteroatoms. The largest absolute Gasteiger partial charge is 0.374 e. The van der Waals surface area contributed by atoms with E-state index >= 15 is 0 Å². The Hall–Kier alpha value is -0.870. The highest BCUT2D eigenvalue weighted by molar-refractivity contribution is 6.29. The summed E-state index contributed by atoms with van der Waals surface area (Å²) in [6.07, 6.45) is 3.65. The van der Waals surface area contributed by atoms with Crippen LogP contribution < -0.4 is 4.90 Å². The molecule has 0 saturated carbocycles. The van der Waals surface area contributed by atoms with Gasteiger partial charge in [0, 0.05) is 25.8 Å². The number of rotatable bonds is 6. The fourth-order valence-corrected chi connectivity index (χ4v) is 3.02. The summed E-state index contributed by atoms with van der Waals surface area (Å²) in [6, 6.07) is 1.86. The summed E-state index contributed by atoms with van der Waals surface area (Å²) in [5.74, 6) is 1.60. The SMILES string of the molecule is CCOCc1nc(Cl)cc(N2CCC(CC)(CC)C2)n1. The first-order chi connectivity index (χ1) is 9.62. The van der Waals surface area contributed by atoms with E-state index in [1.165, 1.54) is 19.3 Å². The molecule has 4 nitrogen and oxygen atoms in total. The summed E-state index contributed by atoms with van der Waals surface area (Å²) in [6.45, 7) is 9.70. The van der Waals surface area contributed by atoms with E-state index < -0.39 is 0 Å². The molecule has 0 radical (unpaired) electrons. The number of hydrogen-bond donors (Lipinski definition) is 0. The van der Waals surface area contributed by atoms with E-state index in [9.17, 15) is 0 Å². The van der Waals surface area contributed by atoms with Gasteiger partial charge in [-0.05, 0) is 31.6 Å². The maximum atomic E-state index is 6.11. The average Bonchev–Trinajstić information content (AvgIpc) is 2.90. The monoisotopic (exact) mass is 297 g/mol. The third-order valence-electron chi connectivity index (χ3n) is 4.43. The molecule has 0 N–H and O–H groups in total. The molecule has 112 valence electrons. The van der Waals surface area contributed by atoms with Gasteiger partial charge in [-0.1, -0.05) is 25.4 Å². The lowest BCUT2D eigenvalue weighted by Crippen LogP contribution is -2.27. The van der Waals surface area contributed by atoms with Crippen molar-refractivity contribution in [2.75, 3.05) is 24.6 Å². The van der Waals surface area contributed by atoms with Gasteiger partial charge in [0.2, 0.25) is 0 Å². The van der Waals surface area contributed by atoms with Crippen LogP contribution in [0.5, 0.6) is 0 Å². The molecule has 1 aliphatic rings. The van der Waals surface area contributed by atoms with Crippen LogP contribution in [0.15, 0.2) is 6.07 Å². The van der Waals surface area contributed by atoms with E-state index in [2.05, 4.69) is 28.7 Å². The Bertz CT molecular complexity index is 449. The summed E-state index contributed by atoms with van der Waals surface area (Å²) in [4.78, 5) is 11.1. The van der Waals surface area contributed by atoms with Gasteiger partial charge >= 0.3 is 0 Å².